The summed E-state index contributed by atoms with van der Waals surface area (Å²) in [4.78, 5) is 26.6. The van der Waals surface area contributed by atoms with Crippen molar-refractivity contribution < 1.29 is 22.8 Å². The molecule has 1 heterocycles. The van der Waals surface area contributed by atoms with Gasteiger partial charge < -0.3 is 15.6 Å². The molecular weight excluding hydrogens is 407 g/mol. The predicted octanol–water partition coefficient (Wildman–Crippen LogP) is 4.14. The Morgan fingerprint density at radius 2 is 1.74 bits per heavy atom. The molecule has 1 aliphatic rings. The van der Waals surface area contributed by atoms with Crippen molar-refractivity contribution in [2.75, 3.05) is 6.54 Å². The second-order valence-corrected chi connectivity index (χ2v) is 7.79. The summed E-state index contributed by atoms with van der Waals surface area (Å²) < 4.78 is 41.8. The first-order valence-corrected chi connectivity index (χ1v) is 10.2. The number of rotatable bonds is 6. The van der Waals surface area contributed by atoms with Gasteiger partial charge in [-0.1, -0.05) is 0 Å². The van der Waals surface area contributed by atoms with Crippen LogP contribution < -0.4 is 10.6 Å². The van der Waals surface area contributed by atoms with Crippen LogP contribution in [0.25, 0.3) is 22.2 Å². The number of H-pyrrole nitrogens is 1. The Morgan fingerprint density at radius 3 is 2.42 bits per heavy atom. The monoisotopic (exact) mass is 429 g/mol. The third kappa shape index (κ3) is 4.28. The number of hydrogen-bond acceptors (Lipinski definition) is 2. The molecule has 162 valence electrons. The minimum atomic E-state index is -0.698. The van der Waals surface area contributed by atoms with Gasteiger partial charge in [0.15, 0.2) is 0 Å². The highest BCUT2D eigenvalue weighted by atomic mass is 19.1. The summed E-state index contributed by atoms with van der Waals surface area (Å²) in [6, 6.07) is 7.78. The van der Waals surface area contributed by atoms with E-state index in [9.17, 15) is 22.8 Å². The van der Waals surface area contributed by atoms with Crippen LogP contribution in [0, 0.1) is 17.5 Å². The van der Waals surface area contributed by atoms with E-state index in [4.69, 9.17) is 0 Å². The third-order valence-electron chi connectivity index (χ3n) is 5.60. The van der Waals surface area contributed by atoms with Crippen molar-refractivity contribution in [3.8, 4) is 11.3 Å². The first-order valence-electron chi connectivity index (χ1n) is 10.2. The molecule has 3 N–H and O–H groups in total. The van der Waals surface area contributed by atoms with Crippen LogP contribution in [0.2, 0.25) is 0 Å². The lowest BCUT2D eigenvalue weighted by molar-refractivity contribution is -0.129. The van der Waals surface area contributed by atoms with Crippen LogP contribution in [-0.2, 0) is 9.59 Å². The highest BCUT2D eigenvalue weighted by Crippen LogP contribution is 2.45. The van der Waals surface area contributed by atoms with Gasteiger partial charge in [0.25, 0.3) is 0 Å². The SMILES string of the molecule is CCNC(=O)CC(=O)N[C@H]1C[C@@H](c2c(-c3ccc(F)cc3)[nH]c3c(F)cc(F)cc32)C1. The van der Waals surface area contributed by atoms with E-state index in [0.717, 1.165) is 11.6 Å². The van der Waals surface area contributed by atoms with E-state index in [2.05, 4.69) is 15.6 Å². The standard InChI is InChI=1S/C23H22F3N3O2/c1-2-27-19(30)11-20(31)28-16-7-13(8-16)21-17-9-15(25)10-18(26)23(17)29-22(21)12-3-5-14(24)6-4-12/h3-6,9-10,13,16,29H,2,7-8,11H2,1H3,(H,27,30)(H,28,31)/t13-,16+. The normalized spacial score (nSPS) is 17.9. The highest BCUT2D eigenvalue weighted by Gasteiger charge is 2.35. The van der Waals surface area contributed by atoms with Gasteiger partial charge in [-0.3, -0.25) is 9.59 Å². The number of aromatic amines is 1. The number of carbonyl (C=O) groups is 2. The van der Waals surface area contributed by atoms with Gasteiger partial charge in [-0.2, -0.15) is 0 Å². The van der Waals surface area contributed by atoms with Gasteiger partial charge >= 0.3 is 0 Å². The minimum absolute atomic E-state index is 0.0511. The fourth-order valence-corrected chi connectivity index (χ4v) is 4.16. The maximum atomic E-state index is 14.4. The van der Waals surface area contributed by atoms with E-state index in [1.165, 1.54) is 18.2 Å². The maximum absolute atomic E-state index is 14.4. The van der Waals surface area contributed by atoms with Gasteiger partial charge in [-0.25, -0.2) is 13.2 Å². The fraction of sp³-hybridized carbons (Fsp3) is 0.304. The Labute approximate surface area is 177 Å². The van der Waals surface area contributed by atoms with Gasteiger partial charge in [0, 0.05) is 24.0 Å². The summed E-state index contributed by atoms with van der Waals surface area (Å²) in [5.74, 6) is -2.51. The lowest BCUT2D eigenvalue weighted by Crippen LogP contribution is -2.44. The fourth-order valence-electron chi connectivity index (χ4n) is 4.16. The van der Waals surface area contributed by atoms with Crippen molar-refractivity contribution in [1.82, 2.24) is 15.6 Å². The molecule has 0 atom stereocenters. The maximum Gasteiger partial charge on any atom is 0.229 e. The molecule has 4 rings (SSSR count). The first kappa shape index (κ1) is 21.0. The zero-order valence-electron chi connectivity index (χ0n) is 16.9. The number of halogens is 3. The summed E-state index contributed by atoms with van der Waals surface area (Å²) in [7, 11) is 0. The summed E-state index contributed by atoms with van der Waals surface area (Å²) in [6.45, 7) is 2.23. The molecule has 0 unspecified atom stereocenters. The predicted molar refractivity (Wildman–Crippen MR) is 111 cm³/mol. The van der Waals surface area contributed by atoms with Crippen LogP contribution >= 0.6 is 0 Å². The van der Waals surface area contributed by atoms with Crippen LogP contribution in [0.15, 0.2) is 36.4 Å². The number of aromatic nitrogens is 1. The Hall–Kier alpha value is -3.29. The molecule has 3 aromatic rings. The number of benzene rings is 2. The Kier molecular flexibility index (Phi) is 5.71. The van der Waals surface area contributed by atoms with E-state index in [1.54, 1.807) is 19.1 Å². The Balaban J connectivity index is 1.59. The highest BCUT2D eigenvalue weighted by molar-refractivity contribution is 5.97. The molecule has 1 aromatic heterocycles. The number of nitrogens with one attached hydrogen (secondary N) is 3. The Bertz CT molecular complexity index is 1140. The van der Waals surface area contributed by atoms with E-state index in [1.807, 2.05) is 0 Å². The molecule has 1 aliphatic carbocycles. The average molecular weight is 429 g/mol. The summed E-state index contributed by atoms with van der Waals surface area (Å²) in [6.07, 6.45) is 0.903. The van der Waals surface area contributed by atoms with E-state index >= 15 is 0 Å². The number of fused-ring (bicyclic) bond motifs is 1. The van der Waals surface area contributed by atoms with Crippen molar-refractivity contribution in [3.63, 3.8) is 0 Å². The summed E-state index contributed by atoms with van der Waals surface area (Å²) in [5.41, 5.74) is 2.21. The second-order valence-electron chi connectivity index (χ2n) is 7.79. The van der Waals surface area contributed by atoms with Gasteiger partial charge in [0.05, 0.1) is 11.2 Å². The quantitative estimate of drug-likeness (QED) is 0.516. The smallest absolute Gasteiger partial charge is 0.229 e. The van der Waals surface area contributed by atoms with Crippen LogP contribution in [0.5, 0.6) is 0 Å². The van der Waals surface area contributed by atoms with Gasteiger partial charge in [0.1, 0.15) is 23.9 Å². The van der Waals surface area contributed by atoms with Crippen molar-refractivity contribution in [1.29, 1.82) is 0 Å². The molecule has 0 bridgehead atoms. The number of hydrogen-bond donors (Lipinski definition) is 3. The summed E-state index contributed by atoms with van der Waals surface area (Å²) >= 11 is 0. The molecule has 0 saturated heterocycles. The van der Waals surface area contributed by atoms with E-state index < -0.39 is 17.5 Å². The molecule has 31 heavy (non-hydrogen) atoms. The number of amides is 2. The van der Waals surface area contributed by atoms with Crippen molar-refractivity contribution in [2.45, 2.75) is 38.1 Å². The van der Waals surface area contributed by atoms with Crippen LogP contribution in [0.3, 0.4) is 0 Å². The van der Waals surface area contributed by atoms with Crippen LogP contribution in [0.4, 0.5) is 13.2 Å². The molecule has 1 saturated carbocycles. The van der Waals surface area contributed by atoms with Crippen molar-refractivity contribution in [3.05, 3.63) is 59.4 Å². The zero-order valence-corrected chi connectivity index (χ0v) is 16.9. The minimum Gasteiger partial charge on any atom is -0.356 e. The Morgan fingerprint density at radius 1 is 1.03 bits per heavy atom. The molecule has 8 heteroatoms. The molecule has 0 radical (unpaired) electrons. The largest absolute Gasteiger partial charge is 0.356 e. The second kappa shape index (κ2) is 8.45. The van der Waals surface area contributed by atoms with E-state index in [-0.39, 0.29) is 35.7 Å². The van der Waals surface area contributed by atoms with Gasteiger partial charge in [0.2, 0.25) is 11.8 Å². The van der Waals surface area contributed by atoms with Gasteiger partial charge in [-0.15, -0.1) is 0 Å². The number of carbonyl (C=O) groups excluding carboxylic acids is 2. The molecule has 0 spiro atoms. The summed E-state index contributed by atoms with van der Waals surface area (Å²) in [5, 5.41) is 5.84. The van der Waals surface area contributed by atoms with Crippen LogP contribution in [0.1, 0.15) is 37.7 Å². The molecular formula is C23H22F3N3O2. The average Bonchev–Trinajstić information content (AvgIpc) is 3.04. The molecule has 5 nitrogen and oxygen atoms in total. The molecule has 2 aromatic carbocycles. The zero-order chi connectivity index (χ0) is 22.1. The van der Waals surface area contributed by atoms with Gasteiger partial charge in [-0.05, 0) is 67.1 Å². The lowest BCUT2D eigenvalue weighted by atomic mass is 9.74. The van der Waals surface area contributed by atoms with Crippen LogP contribution in [-0.4, -0.2) is 29.4 Å². The van der Waals surface area contributed by atoms with Crippen molar-refractivity contribution >= 4 is 22.7 Å². The lowest BCUT2D eigenvalue weighted by Gasteiger charge is -2.36. The van der Waals surface area contributed by atoms with E-state index in [0.29, 0.717) is 36.0 Å². The van der Waals surface area contributed by atoms with Crippen molar-refractivity contribution in [2.24, 2.45) is 0 Å². The topological polar surface area (TPSA) is 74.0 Å². The third-order valence-corrected chi connectivity index (χ3v) is 5.60. The first-order chi connectivity index (χ1) is 14.9. The molecule has 2 amide bonds. The molecule has 0 aliphatic heterocycles. The molecule has 1 fully saturated rings.